The highest BCUT2D eigenvalue weighted by Crippen LogP contribution is 2.43. The van der Waals surface area contributed by atoms with Crippen molar-refractivity contribution in [3.63, 3.8) is 0 Å². The Morgan fingerprint density at radius 3 is 1.23 bits per heavy atom. The standard InChI is InChI=1S/C66H119N2O6P/c1-6-8-10-12-14-16-18-20-22-24-26-28-29-30-31-32-33-34-35-36-37-38-39-40-42-44-46-48-50-52-54-56-58-60-66(70)67-64(63-74-75(71,72)73-62-61-68(3,4)5)65(69)59-57-55-53-51-49-47-45-43-41-27-25-23-21-19-17-15-13-11-9-7-2/h8,10,14,16,20,22,26,28,30-31,41,43,49,51,57,59,64-65,69H,6-7,9,11-13,15,17-19,21,23-25,27,29,32-40,42,44-48,50,52-56,58,60-63H2,1-5H3,(H-,67,70,71,72)/p+1/b10-8-,16-14-,22-20-,28-26-,31-30-,43-41+,51-49+,59-57+. The molecule has 0 aromatic carbocycles. The first-order chi connectivity index (χ1) is 36.5. The van der Waals surface area contributed by atoms with Crippen LogP contribution in [0.1, 0.15) is 264 Å². The molecule has 0 radical (unpaired) electrons. The third-order valence-corrected chi connectivity index (χ3v) is 14.5. The number of hydrogen-bond acceptors (Lipinski definition) is 5. The molecule has 75 heavy (non-hydrogen) atoms. The molecule has 0 spiro atoms. The minimum atomic E-state index is -4.36. The molecule has 0 aliphatic heterocycles. The van der Waals surface area contributed by atoms with Gasteiger partial charge in [0.15, 0.2) is 0 Å². The number of carbonyl (C=O) groups excluding carboxylic acids is 1. The van der Waals surface area contributed by atoms with Gasteiger partial charge in [-0.3, -0.25) is 13.8 Å². The van der Waals surface area contributed by atoms with E-state index < -0.39 is 20.0 Å². The Hall–Kier alpha value is -2.58. The summed E-state index contributed by atoms with van der Waals surface area (Å²) in [7, 11) is 1.54. The summed E-state index contributed by atoms with van der Waals surface area (Å²) in [5, 5.41) is 13.9. The summed E-state index contributed by atoms with van der Waals surface area (Å²) in [5.41, 5.74) is 0. The molecule has 0 aliphatic carbocycles. The minimum absolute atomic E-state index is 0.0508. The number of amides is 1. The fourth-order valence-corrected chi connectivity index (χ4v) is 9.43. The van der Waals surface area contributed by atoms with Crippen LogP contribution in [0.15, 0.2) is 97.2 Å². The van der Waals surface area contributed by atoms with E-state index in [1.54, 1.807) is 6.08 Å². The lowest BCUT2D eigenvalue weighted by molar-refractivity contribution is -0.870. The van der Waals surface area contributed by atoms with Crippen molar-refractivity contribution in [2.45, 2.75) is 276 Å². The lowest BCUT2D eigenvalue weighted by atomic mass is 10.0. The highest BCUT2D eigenvalue weighted by Gasteiger charge is 2.27. The second kappa shape index (κ2) is 56.2. The van der Waals surface area contributed by atoms with Gasteiger partial charge in [-0.1, -0.05) is 265 Å². The Bertz CT molecular complexity index is 1540. The van der Waals surface area contributed by atoms with Crippen LogP contribution in [0.25, 0.3) is 0 Å². The third kappa shape index (κ3) is 58.9. The van der Waals surface area contributed by atoms with E-state index in [-0.39, 0.29) is 19.1 Å². The number of unbranched alkanes of at least 4 members (excludes halogenated alkanes) is 29. The van der Waals surface area contributed by atoms with Gasteiger partial charge < -0.3 is 19.8 Å². The van der Waals surface area contributed by atoms with Crippen LogP contribution in [0.2, 0.25) is 0 Å². The number of nitrogens with one attached hydrogen (secondary N) is 1. The zero-order chi connectivity index (χ0) is 54.9. The van der Waals surface area contributed by atoms with Crippen LogP contribution in [0.5, 0.6) is 0 Å². The molecule has 0 rings (SSSR count). The molecule has 0 fully saturated rings. The van der Waals surface area contributed by atoms with Gasteiger partial charge in [0.2, 0.25) is 5.91 Å². The molecule has 0 bridgehead atoms. The normalized spacial score (nSPS) is 14.5. The number of hydrogen-bond donors (Lipinski definition) is 3. The maximum Gasteiger partial charge on any atom is 0.472 e. The van der Waals surface area contributed by atoms with Crippen LogP contribution in [-0.2, 0) is 18.4 Å². The van der Waals surface area contributed by atoms with Gasteiger partial charge in [0.1, 0.15) is 13.2 Å². The zero-order valence-corrected chi connectivity index (χ0v) is 50.4. The van der Waals surface area contributed by atoms with Gasteiger partial charge in [0, 0.05) is 6.42 Å². The quantitative estimate of drug-likeness (QED) is 0.0243. The van der Waals surface area contributed by atoms with Gasteiger partial charge in [-0.05, 0) is 89.9 Å². The zero-order valence-electron chi connectivity index (χ0n) is 49.5. The summed E-state index contributed by atoms with van der Waals surface area (Å²) in [6, 6.07) is -0.875. The Morgan fingerprint density at radius 2 is 0.813 bits per heavy atom. The molecular weight excluding hydrogens is 948 g/mol. The van der Waals surface area contributed by atoms with Gasteiger partial charge in [-0.15, -0.1) is 0 Å². The smallest absolute Gasteiger partial charge is 0.387 e. The van der Waals surface area contributed by atoms with E-state index in [1.165, 1.54) is 167 Å². The molecule has 0 saturated carbocycles. The average Bonchev–Trinajstić information content (AvgIpc) is 3.37. The van der Waals surface area contributed by atoms with E-state index >= 15 is 0 Å². The number of likely N-dealkylation sites (N-methyl/N-ethyl adjacent to an activating group) is 1. The van der Waals surface area contributed by atoms with Crippen molar-refractivity contribution in [3.8, 4) is 0 Å². The van der Waals surface area contributed by atoms with Crippen LogP contribution in [0.4, 0.5) is 0 Å². The maximum atomic E-state index is 13.0. The number of rotatable bonds is 56. The van der Waals surface area contributed by atoms with Crippen LogP contribution in [0.3, 0.4) is 0 Å². The van der Waals surface area contributed by atoms with E-state index in [0.717, 1.165) is 77.0 Å². The summed E-state index contributed by atoms with van der Waals surface area (Å²) in [6.07, 6.45) is 81.0. The highest BCUT2D eigenvalue weighted by molar-refractivity contribution is 7.47. The largest absolute Gasteiger partial charge is 0.472 e. The molecule has 9 heteroatoms. The van der Waals surface area contributed by atoms with Crippen molar-refractivity contribution >= 4 is 13.7 Å². The van der Waals surface area contributed by atoms with Crippen molar-refractivity contribution in [1.29, 1.82) is 0 Å². The van der Waals surface area contributed by atoms with Gasteiger partial charge in [0.25, 0.3) is 0 Å². The summed E-state index contributed by atoms with van der Waals surface area (Å²) < 4.78 is 23.7. The minimum Gasteiger partial charge on any atom is -0.387 e. The molecule has 3 atom stereocenters. The van der Waals surface area contributed by atoms with Crippen LogP contribution in [0, 0.1) is 0 Å². The van der Waals surface area contributed by atoms with Gasteiger partial charge in [-0.25, -0.2) is 4.57 Å². The van der Waals surface area contributed by atoms with Crippen molar-refractivity contribution in [2.24, 2.45) is 0 Å². The van der Waals surface area contributed by atoms with E-state index in [4.69, 9.17) is 9.05 Å². The molecule has 0 saturated heterocycles. The molecule has 3 unspecified atom stereocenters. The van der Waals surface area contributed by atoms with Crippen molar-refractivity contribution in [1.82, 2.24) is 5.32 Å². The Labute approximate surface area is 464 Å². The molecule has 1 amide bonds. The number of allylic oxidation sites excluding steroid dienone is 15. The second-order valence-electron chi connectivity index (χ2n) is 22.0. The maximum absolute atomic E-state index is 13.0. The Kier molecular flexibility index (Phi) is 54.2. The first-order valence-electron chi connectivity index (χ1n) is 31.1. The number of phosphoric ester groups is 1. The number of aliphatic hydroxyl groups excluding tert-OH is 1. The van der Waals surface area contributed by atoms with Crippen LogP contribution in [-0.4, -0.2) is 73.4 Å². The van der Waals surface area contributed by atoms with Crippen molar-refractivity contribution < 1.29 is 32.9 Å². The molecule has 8 nitrogen and oxygen atoms in total. The summed E-state index contributed by atoms with van der Waals surface area (Å²) in [5.74, 6) is -0.191. The first kappa shape index (κ1) is 72.4. The molecule has 0 heterocycles. The van der Waals surface area contributed by atoms with Crippen molar-refractivity contribution in [3.05, 3.63) is 97.2 Å². The molecular formula is C66H120N2O6P+. The van der Waals surface area contributed by atoms with Crippen LogP contribution >= 0.6 is 7.82 Å². The Balaban J connectivity index is 4.15. The fourth-order valence-electron chi connectivity index (χ4n) is 8.69. The average molecular weight is 1070 g/mol. The van der Waals surface area contributed by atoms with E-state index in [1.807, 2.05) is 27.2 Å². The number of nitrogens with zero attached hydrogens (tertiary/aromatic N) is 1. The lowest BCUT2D eigenvalue weighted by Gasteiger charge is -2.25. The summed E-state index contributed by atoms with van der Waals surface area (Å²) >= 11 is 0. The predicted molar refractivity (Wildman–Crippen MR) is 327 cm³/mol. The molecule has 0 aromatic rings. The van der Waals surface area contributed by atoms with Gasteiger partial charge >= 0.3 is 7.82 Å². The monoisotopic (exact) mass is 1070 g/mol. The van der Waals surface area contributed by atoms with E-state index in [0.29, 0.717) is 17.4 Å². The SMILES string of the molecule is CC/C=C\C/C=C\C/C=C\C/C=C\C/C=C\CCCCCCCCCCCCCCCCCCCC(=O)NC(COP(=O)(O)OCC[N+](C)(C)C)C(O)/C=C/CC/C=C/CC/C=C/CCCCCCCCCCCC. The number of aliphatic hydroxyl groups is 1. The number of phosphoric acid groups is 1. The van der Waals surface area contributed by atoms with E-state index in [9.17, 15) is 19.4 Å². The number of quaternary nitrogens is 1. The number of carbonyl (C=O) groups is 1. The summed E-state index contributed by atoms with van der Waals surface area (Å²) in [6.45, 7) is 4.68. The second-order valence-corrected chi connectivity index (χ2v) is 23.5. The predicted octanol–water partition coefficient (Wildman–Crippen LogP) is 19.4. The van der Waals surface area contributed by atoms with Gasteiger partial charge in [0.05, 0.1) is 39.9 Å². The van der Waals surface area contributed by atoms with Gasteiger partial charge in [-0.2, -0.15) is 0 Å². The topological polar surface area (TPSA) is 105 Å². The Morgan fingerprint density at radius 1 is 0.467 bits per heavy atom. The molecule has 0 aliphatic rings. The molecule has 434 valence electrons. The lowest BCUT2D eigenvalue weighted by Crippen LogP contribution is -2.45. The highest BCUT2D eigenvalue weighted by atomic mass is 31.2. The fraction of sp³-hybridized carbons (Fsp3) is 0.742. The van der Waals surface area contributed by atoms with Crippen LogP contribution < -0.4 is 5.32 Å². The third-order valence-electron chi connectivity index (χ3n) is 13.5. The first-order valence-corrected chi connectivity index (χ1v) is 32.6. The van der Waals surface area contributed by atoms with Crippen molar-refractivity contribution in [2.75, 3.05) is 40.9 Å². The molecule has 3 N–H and O–H groups in total. The summed E-state index contributed by atoms with van der Waals surface area (Å²) in [4.78, 5) is 23.3. The van der Waals surface area contributed by atoms with E-state index in [2.05, 4.69) is 104 Å². The molecule has 0 aromatic heterocycles.